The number of guanidine groups is 1. The van der Waals surface area contributed by atoms with Gasteiger partial charge in [-0.1, -0.05) is 12.1 Å². The molecule has 0 radical (unpaired) electrons. The SMILES string of the molecule is CCNC(=NCCCc1ccc(OC)c(OC)c1)NCCc1ccc2c(c1)OCO2. The number of benzene rings is 2. The Balaban J connectivity index is 1.45. The van der Waals surface area contributed by atoms with Crippen molar-refractivity contribution < 1.29 is 18.9 Å². The van der Waals surface area contributed by atoms with Gasteiger partial charge in [-0.25, -0.2) is 0 Å². The molecule has 0 saturated carbocycles. The van der Waals surface area contributed by atoms with Crippen molar-refractivity contribution in [3.8, 4) is 23.0 Å². The number of hydrogen-bond acceptors (Lipinski definition) is 5. The first-order valence-electron chi connectivity index (χ1n) is 10.3. The first-order valence-corrected chi connectivity index (χ1v) is 10.3. The van der Waals surface area contributed by atoms with E-state index in [1.54, 1.807) is 14.2 Å². The summed E-state index contributed by atoms with van der Waals surface area (Å²) in [6, 6.07) is 12.1. The maximum absolute atomic E-state index is 5.44. The highest BCUT2D eigenvalue weighted by atomic mass is 16.7. The highest BCUT2D eigenvalue weighted by Crippen LogP contribution is 2.32. The molecule has 2 N–H and O–H groups in total. The van der Waals surface area contributed by atoms with Gasteiger partial charge in [0.25, 0.3) is 0 Å². The van der Waals surface area contributed by atoms with Gasteiger partial charge in [-0.05, 0) is 61.6 Å². The number of fused-ring (bicyclic) bond motifs is 1. The fourth-order valence-corrected chi connectivity index (χ4v) is 3.27. The summed E-state index contributed by atoms with van der Waals surface area (Å²) in [6.45, 7) is 4.73. The second kappa shape index (κ2) is 11.2. The van der Waals surface area contributed by atoms with Crippen LogP contribution < -0.4 is 29.6 Å². The average molecular weight is 414 g/mol. The van der Waals surface area contributed by atoms with E-state index in [-0.39, 0.29) is 0 Å². The maximum Gasteiger partial charge on any atom is 0.231 e. The van der Waals surface area contributed by atoms with Gasteiger partial charge in [-0.2, -0.15) is 0 Å². The molecule has 0 unspecified atom stereocenters. The second-order valence-electron chi connectivity index (χ2n) is 6.92. The van der Waals surface area contributed by atoms with E-state index >= 15 is 0 Å². The monoisotopic (exact) mass is 413 g/mol. The zero-order valence-electron chi connectivity index (χ0n) is 18.0. The molecule has 1 aliphatic rings. The van der Waals surface area contributed by atoms with Crippen LogP contribution >= 0.6 is 0 Å². The Morgan fingerprint density at radius 1 is 0.933 bits per heavy atom. The predicted octanol–water partition coefficient (Wildman–Crippen LogP) is 3.16. The van der Waals surface area contributed by atoms with Gasteiger partial charge in [0.15, 0.2) is 29.0 Å². The van der Waals surface area contributed by atoms with E-state index in [0.29, 0.717) is 6.79 Å². The minimum Gasteiger partial charge on any atom is -0.493 e. The van der Waals surface area contributed by atoms with Crippen molar-refractivity contribution in [1.29, 1.82) is 0 Å². The molecule has 1 heterocycles. The highest BCUT2D eigenvalue weighted by Gasteiger charge is 2.13. The molecule has 2 aromatic carbocycles. The molecule has 0 bridgehead atoms. The normalized spacial score (nSPS) is 12.6. The molecular formula is C23H31N3O4. The van der Waals surface area contributed by atoms with E-state index in [1.165, 1.54) is 11.1 Å². The summed E-state index contributed by atoms with van der Waals surface area (Å²) in [5.41, 5.74) is 2.42. The lowest BCUT2D eigenvalue weighted by atomic mass is 10.1. The van der Waals surface area contributed by atoms with Gasteiger partial charge in [-0.15, -0.1) is 0 Å². The van der Waals surface area contributed by atoms with E-state index in [9.17, 15) is 0 Å². The molecule has 7 nitrogen and oxygen atoms in total. The Labute approximate surface area is 178 Å². The van der Waals surface area contributed by atoms with E-state index in [4.69, 9.17) is 18.9 Å². The predicted molar refractivity (Wildman–Crippen MR) is 118 cm³/mol. The lowest BCUT2D eigenvalue weighted by Crippen LogP contribution is -2.38. The lowest BCUT2D eigenvalue weighted by molar-refractivity contribution is 0.174. The van der Waals surface area contributed by atoms with Crippen LogP contribution in [-0.4, -0.2) is 46.6 Å². The van der Waals surface area contributed by atoms with Crippen LogP contribution in [0.5, 0.6) is 23.0 Å². The zero-order valence-corrected chi connectivity index (χ0v) is 18.0. The number of nitrogens with zero attached hydrogens (tertiary/aromatic N) is 1. The van der Waals surface area contributed by atoms with E-state index in [0.717, 1.165) is 67.9 Å². The average Bonchev–Trinajstić information content (AvgIpc) is 3.24. The van der Waals surface area contributed by atoms with Crippen LogP contribution in [-0.2, 0) is 12.8 Å². The summed E-state index contributed by atoms with van der Waals surface area (Å²) in [7, 11) is 3.30. The van der Waals surface area contributed by atoms with Crippen molar-refractivity contribution in [2.75, 3.05) is 40.6 Å². The van der Waals surface area contributed by atoms with Crippen LogP contribution in [0.4, 0.5) is 0 Å². The van der Waals surface area contributed by atoms with Crippen molar-refractivity contribution in [2.24, 2.45) is 4.99 Å². The smallest absolute Gasteiger partial charge is 0.231 e. The largest absolute Gasteiger partial charge is 0.493 e. The van der Waals surface area contributed by atoms with Gasteiger partial charge in [0.1, 0.15) is 0 Å². The minimum absolute atomic E-state index is 0.303. The third-order valence-electron chi connectivity index (χ3n) is 4.83. The third kappa shape index (κ3) is 5.95. The van der Waals surface area contributed by atoms with Crippen molar-refractivity contribution in [3.63, 3.8) is 0 Å². The first-order chi connectivity index (χ1) is 14.7. The van der Waals surface area contributed by atoms with Crippen LogP contribution in [0.2, 0.25) is 0 Å². The summed E-state index contributed by atoms with van der Waals surface area (Å²) in [5.74, 6) is 3.99. The summed E-state index contributed by atoms with van der Waals surface area (Å²) in [6.07, 6.45) is 2.77. The van der Waals surface area contributed by atoms with Crippen molar-refractivity contribution in [1.82, 2.24) is 10.6 Å². The summed E-state index contributed by atoms with van der Waals surface area (Å²) >= 11 is 0. The quantitative estimate of drug-likeness (QED) is 0.354. The standard InChI is InChI=1S/C23H31N3O4/c1-4-24-23(26-13-11-18-8-10-20-22(15-18)30-16-29-20)25-12-5-6-17-7-9-19(27-2)21(14-17)28-3/h7-10,14-15H,4-6,11-13,16H2,1-3H3,(H2,24,25,26). The Kier molecular flexibility index (Phi) is 8.06. The minimum atomic E-state index is 0.303. The second-order valence-corrected chi connectivity index (χ2v) is 6.92. The van der Waals surface area contributed by atoms with E-state index < -0.39 is 0 Å². The molecule has 0 fully saturated rings. The number of aliphatic imine (C=N–C) groups is 1. The van der Waals surface area contributed by atoms with Crippen molar-refractivity contribution in [3.05, 3.63) is 47.5 Å². The van der Waals surface area contributed by atoms with Gasteiger partial charge in [0, 0.05) is 19.6 Å². The van der Waals surface area contributed by atoms with Crippen LogP contribution in [0.15, 0.2) is 41.4 Å². The topological polar surface area (TPSA) is 73.3 Å². The highest BCUT2D eigenvalue weighted by molar-refractivity contribution is 5.79. The molecule has 2 aromatic rings. The molecule has 0 amide bonds. The number of hydrogen-bond donors (Lipinski definition) is 2. The molecule has 3 rings (SSSR count). The van der Waals surface area contributed by atoms with Gasteiger partial charge < -0.3 is 29.6 Å². The Bertz CT molecular complexity index is 854. The van der Waals surface area contributed by atoms with Gasteiger partial charge in [0.05, 0.1) is 14.2 Å². The molecule has 0 saturated heterocycles. The number of ether oxygens (including phenoxy) is 4. The van der Waals surface area contributed by atoms with Gasteiger partial charge in [-0.3, -0.25) is 4.99 Å². The fourth-order valence-electron chi connectivity index (χ4n) is 3.27. The van der Waals surface area contributed by atoms with Gasteiger partial charge in [0.2, 0.25) is 6.79 Å². The van der Waals surface area contributed by atoms with Crippen LogP contribution in [0, 0.1) is 0 Å². The van der Waals surface area contributed by atoms with Crippen LogP contribution in [0.3, 0.4) is 0 Å². The first kappa shape index (κ1) is 21.6. The molecule has 7 heteroatoms. The number of methoxy groups -OCH3 is 2. The van der Waals surface area contributed by atoms with Crippen LogP contribution in [0.25, 0.3) is 0 Å². The summed E-state index contributed by atoms with van der Waals surface area (Å²) in [4.78, 5) is 4.69. The Morgan fingerprint density at radius 3 is 2.50 bits per heavy atom. The Morgan fingerprint density at radius 2 is 1.70 bits per heavy atom. The fraction of sp³-hybridized carbons (Fsp3) is 0.435. The molecule has 162 valence electrons. The molecule has 30 heavy (non-hydrogen) atoms. The Hall–Kier alpha value is -3.09. The molecule has 0 atom stereocenters. The molecular weight excluding hydrogens is 382 g/mol. The molecule has 0 aromatic heterocycles. The van der Waals surface area contributed by atoms with Crippen LogP contribution in [0.1, 0.15) is 24.5 Å². The number of rotatable bonds is 10. The summed E-state index contributed by atoms with van der Waals surface area (Å²) < 4.78 is 21.5. The third-order valence-corrected chi connectivity index (χ3v) is 4.83. The van der Waals surface area contributed by atoms with Crippen molar-refractivity contribution in [2.45, 2.75) is 26.2 Å². The van der Waals surface area contributed by atoms with E-state index in [2.05, 4.69) is 34.7 Å². The summed E-state index contributed by atoms with van der Waals surface area (Å²) in [5, 5.41) is 6.70. The number of aryl methyl sites for hydroxylation is 1. The zero-order chi connectivity index (χ0) is 21.2. The molecule has 0 aliphatic carbocycles. The lowest BCUT2D eigenvalue weighted by Gasteiger charge is -2.12. The molecule has 1 aliphatic heterocycles. The van der Waals surface area contributed by atoms with Gasteiger partial charge >= 0.3 is 0 Å². The number of nitrogens with one attached hydrogen (secondary N) is 2. The maximum atomic E-state index is 5.44. The van der Waals surface area contributed by atoms with Crippen molar-refractivity contribution >= 4 is 5.96 Å². The molecule has 0 spiro atoms. The van der Waals surface area contributed by atoms with E-state index in [1.807, 2.05) is 24.3 Å².